The van der Waals surface area contributed by atoms with Crippen LogP contribution in [0.5, 0.6) is 0 Å². The standard InChI is InChI=1S/C20H21N3O/c24-20(15-6-2-1-3-7-15)21-16-12-10-14(11-13-16)19-22-17-8-4-5-9-18(17)23-19/h4-5,8-13,15H,1-3,6-7H2,(H,21,24)(H,22,23). The summed E-state index contributed by atoms with van der Waals surface area (Å²) in [7, 11) is 0. The molecule has 0 aliphatic heterocycles. The highest BCUT2D eigenvalue weighted by Crippen LogP contribution is 2.26. The lowest BCUT2D eigenvalue weighted by Gasteiger charge is -2.20. The second-order valence-corrected chi connectivity index (χ2v) is 6.50. The molecule has 2 aromatic carbocycles. The number of nitrogens with one attached hydrogen (secondary N) is 2. The van der Waals surface area contributed by atoms with Gasteiger partial charge in [-0.15, -0.1) is 0 Å². The quantitative estimate of drug-likeness (QED) is 0.732. The number of hydrogen-bond acceptors (Lipinski definition) is 2. The van der Waals surface area contributed by atoms with Crippen molar-refractivity contribution in [2.45, 2.75) is 32.1 Å². The summed E-state index contributed by atoms with van der Waals surface area (Å²) in [6.07, 6.45) is 5.63. The molecule has 0 bridgehead atoms. The van der Waals surface area contributed by atoms with Gasteiger partial charge in [0.2, 0.25) is 5.91 Å². The first-order chi connectivity index (χ1) is 11.8. The molecule has 0 saturated heterocycles. The van der Waals surface area contributed by atoms with E-state index in [1.165, 1.54) is 19.3 Å². The molecule has 1 aliphatic rings. The topological polar surface area (TPSA) is 57.8 Å². The Kier molecular flexibility index (Phi) is 4.03. The van der Waals surface area contributed by atoms with Crippen molar-refractivity contribution in [3.8, 4) is 11.4 Å². The van der Waals surface area contributed by atoms with Crippen LogP contribution >= 0.6 is 0 Å². The molecule has 2 N–H and O–H groups in total. The Hall–Kier alpha value is -2.62. The van der Waals surface area contributed by atoms with Crippen molar-refractivity contribution >= 4 is 22.6 Å². The molecular formula is C20H21N3O. The van der Waals surface area contributed by atoms with Gasteiger partial charge in [-0.2, -0.15) is 0 Å². The van der Waals surface area contributed by atoms with Crippen LogP contribution in [0.25, 0.3) is 22.4 Å². The number of anilines is 1. The molecule has 1 aromatic heterocycles. The Morgan fingerprint density at radius 3 is 2.50 bits per heavy atom. The van der Waals surface area contributed by atoms with Gasteiger partial charge in [0.15, 0.2) is 0 Å². The summed E-state index contributed by atoms with van der Waals surface area (Å²) in [4.78, 5) is 20.2. The van der Waals surface area contributed by atoms with Crippen molar-refractivity contribution in [1.29, 1.82) is 0 Å². The van der Waals surface area contributed by atoms with Gasteiger partial charge in [0.25, 0.3) is 0 Å². The molecule has 1 heterocycles. The lowest BCUT2D eigenvalue weighted by atomic mass is 9.88. The molecule has 4 nitrogen and oxygen atoms in total. The van der Waals surface area contributed by atoms with Crippen LogP contribution in [0.4, 0.5) is 5.69 Å². The number of benzene rings is 2. The highest BCUT2D eigenvalue weighted by molar-refractivity contribution is 5.92. The minimum absolute atomic E-state index is 0.159. The maximum atomic E-state index is 12.3. The number of fused-ring (bicyclic) bond motifs is 1. The Bertz CT molecular complexity index is 812. The van der Waals surface area contributed by atoms with Crippen LogP contribution in [0.1, 0.15) is 32.1 Å². The summed E-state index contributed by atoms with van der Waals surface area (Å²) in [6, 6.07) is 15.9. The Balaban J connectivity index is 1.48. The van der Waals surface area contributed by atoms with E-state index in [0.29, 0.717) is 0 Å². The fourth-order valence-corrected chi connectivity index (χ4v) is 3.41. The number of carbonyl (C=O) groups is 1. The summed E-state index contributed by atoms with van der Waals surface area (Å²) in [5.74, 6) is 1.18. The van der Waals surface area contributed by atoms with Crippen LogP contribution in [0.2, 0.25) is 0 Å². The molecule has 122 valence electrons. The Morgan fingerprint density at radius 2 is 1.75 bits per heavy atom. The molecule has 3 aromatic rings. The number of rotatable bonds is 3. The summed E-state index contributed by atoms with van der Waals surface area (Å²) < 4.78 is 0. The number of aromatic amines is 1. The number of imidazole rings is 1. The van der Waals surface area contributed by atoms with E-state index in [9.17, 15) is 4.79 Å². The molecule has 24 heavy (non-hydrogen) atoms. The van der Waals surface area contributed by atoms with Gasteiger partial charge in [-0.25, -0.2) is 4.98 Å². The van der Waals surface area contributed by atoms with E-state index < -0.39 is 0 Å². The zero-order valence-corrected chi connectivity index (χ0v) is 13.6. The zero-order valence-electron chi connectivity index (χ0n) is 13.6. The van der Waals surface area contributed by atoms with E-state index in [0.717, 1.165) is 41.0 Å². The first kappa shape index (κ1) is 14.9. The number of hydrogen-bond donors (Lipinski definition) is 2. The summed E-state index contributed by atoms with van der Waals surface area (Å²) in [5, 5.41) is 3.05. The number of para-hydroxylation sites is 2. The number of amides is 1. The van der Waals surface area contributed by atoms with Crippen LogP contribution < -0.4 is 5.32 Å². The number of carbonyl (C=O) groups excluding carboxylic acids is 1. The van der Waals surface area contributed by atoms with Gasteiger partial charge in [0.1, 0.15) is 5.82 Å². The maximum absolute atomic E-state index is 12.3. The summed E-state index contributed by atoms with van der Waals surface area (Å²) >= 11 is 0. The Morgan fingerprint density at radius 1 is 1.00 bits per heavy atom. The minimum Gasteiger partial charge on any atom is -0.338 e. The molecule has 4 heteroatoms. The van der Waals surface area contributed by atoms with Crippen LogP contribution in [-0.2, 0) is 4.79 Å². The van der Waals surface area contributed by atoms with Gasteiger partial charge in [0.05, 0.1) is 11.0 Å². The van der Waals surface area contributed by atoms with Gasteiger partial charge in [-0.3, -0.25) is 4.79 Å². The second-order valence-electron chi connectivity index (χ2n) is 6.50. The minimum atomic E-state index is 0.159. The normalized spacial score (nSPS) is 15.5. The van der Waals surface area contributed by atoms with Crippen LogP contribution in [0, 0.1) is 5.92 Å². The highest BCUT2D eigenvalue weighted by Gasteiger charge is 2.20. The predicted molar refractivity (Wildman–Crippen MR) is 96.7 cm³/mol. The molecule has 4 rings (SSSR count). The summed E-state index contributed by atoms with van der Waals surface area (Å²) in [6.45, 7) is 0. The van der Waals surface area contributed by atoms with Crippen molar-refractivity contribution in [2.75, 3.05) is 5.32 Å². The number of nitrogens with zero attached hydrogens (tertiary/aromatic N) is 1. The van der Waals surface area contributed by atoms with E-state index in [-0.39, 0.29) is 11.8 Å². The van der Waals surface area contributed by atoms with Gasteiger partial charge in [0, 0.05) is 17.2 Å². The van der Waals surface area contributed by atoms with Gasteiger partial charge in [-0.05, 0) is 49.2 Å². The van der Waals surface area contributed by atoms with Crippen molar-refractivity contribution in [3.05, 3.63) is 48.5 Å². The predicted octanol–water partition coefficient (Wildman–Crippen LogP) is 4.75. The molecule has 0 spiro atoms. The fourth-order valence-electron chi connectivity index (χ4n) is 3.41. The first-order valence-electron chi connectivity index (χ1n) is 8.66. The van der Waals surface area contributed by atoms with Gasteiger partial charge >= 0.3 is 0 Å². The van der Waals surface area contributed by atoms with E-state index >= 15 is 0 Å². The second kappa shape index (κ2) is 6.48. The smallest absolute Gasteiger partial charge is 0.227 e. The molecule has 1 fully saturated rings. The van der Waals surface area contributed by atoms with Gasteiger partial charge in [-0.1, -0.05) is 31.4 Å². The van der Waals surface area contributed by atoms with E-state index in [1.54, 1.807) is 0 Å². The van der Waals surface area contributed by atoms with Crippen molar-refractivity contribution in [3.63, 3.8) is 0 Å². The molecule has 1 saturated carbocycles. The zero-order chi connectivity index (χ0) is 16.4. The van der Waals surface area contributed by atoms with Crippen molar-refractivity contribution in [2.24, 2.45) is 5.92 Å². The van der Waals surface area contributed by atoms with E-state index in [1.807, 2.05) is 48.5 Å². The number of H-pyrrole nitrogens is 1. The van der Waals surface area contributed by atoms with E-state index in [4.69, 9.17) is 0 Å². The monoisotopic (exact) mass is 319 g/mol. The van der Waals surface area contributed by atoms with Gasteiger partial charge < -0.3 is 10.3 Å². The van der Waals surface area contributed by atoms with Crippen molar-refractivity contribution in [1.82, 2.24) is 9.97 Å². The van der Waals surface area contributed by atoms with E-state index in [2.05, 4.69) is 15.3 Å². The summed E-state index contributed by atoms with van der Waals surface area (Å²) in [5.41, 5.74) is 3.86. The Labute approximate surface area is 141 Å². The van der Waals surface area contributed by atoms with Crippen molar-refractivity contribution < 1.29 is 4.79 Å². The largest absolute Gasteiger partial charge is 0.338 e. The average molecular weight is 319 g/mol. The molecule has 1 aliphatic carbocycles. The third-order valence-corrected chi connectivity index (χ3v) is 4.79. The third-order valence-electron chi connectivity index (χ3n) is 4.79. The van der Waals surface area contributed by atoms with Crippen LogP contribution in [-0.4, -0.2) is 15.9 Å². The molecular weight excluding hydrogens is 298 g/mol. The SMILES string of the molecule is O=C(Nc1ccc(-c2nc3ccccc3[nH]2)cc1)C1CCCCC1. The lowest BCUT2D eigenvalue weighted by Crippen LogP contribution is -2.24. The third kappa shape index (κ3) is 3.04. The van der Waals surface area contributed by atoms with Crippen LogP contribution in [0.3, 0.4) is 0 Å². The molecule has 0 atom stereocenters. The molecule has 0 radical (unpaired) electrons. The average Bonchev–Trinajstić information content (AvgIpc) is 3.07. The fraction of sp³-hybridized carbons (Fsp3) is 0.300. The highest BCUT2D eigenvalue weighted by atomic mass is 16.1. The first-order valence-corrected chi connectivity index (χ1v) is 8.66. The lowest BCUT2D eigenvalue weighted by molar-refractivity contribution is -0.120. The maximum Gasteiger partial charge on any atom is 0.227 e. The molecule has 1 amide bonds. The molecule has 0 unspecified atom stereocenters. The van der Waals surface area contributed by atoms with Crippen LogP contribution in [0.15, 0.2) is 48.5 Å². The number of aromatic nitrogens is 2.